The van der Waals surface area contributed by atoms with E-state index in [4.69, 9.17) is 5.11 Å². The Morgan fingerprint density at radius 1 is 1.15 bits per heavy atom. The Balaban J connectivity index is 2.66. The summed E-state index contributed by atoms with van der Waals surface area (Å²) in [5.41, 5.74) is 0.422. The van der Waals surface area contributed by atoms with E-state index in [1.54, 1.807) is 0 Å². The molecule has 0 fully saturated rings. The third kappa shape index (κ3) is 7.01. The molecule has 0 saturated carbocycles. The largest absolute Gasteiger partial charge is 0.481 e. The number of carbonyl (C=O) groups excluding carboxylic acids is 1. The summed E-state index contributed by atoms with van der Waals surface area (Å²) in [5.74, 6) is -1.27. The lowest BCUT2D eigenvalue weighted by Crippen LogP contribution is -2.36. The highest BCUT2D eigenvalue weighted by molar-refractivity contribution is 7.89. The number of anilines is 1. The minimum absolute atomic E-state index is 0.0629. The van der Waals surface area contributed by atoms with Crippen molar-refractivity contribution in [2.24, 2.45) is 11.8 Å². The molecule has 146 valence electrons. The number of amides is 2. The lowest BCUT2D eigenvalue weighted by Gasteiger charge is -2.20. The van der Waals surface area contributed by atoms with Gasteiger partial charge in [-0.3, -0.25) is 4.79 Å². The van der Waals surface area contributed by atoms with Crippen LogP contribution in [0.15, 0.2) is 29.2 Å². The molecular formula is C17H27N3O5S. The molecule has 0 spiro atoms. The molecule has 0 heterocycles. The van der Waals surface area contributed by atoms with Crippen molar-refractivity contribution in [1.29, 1.82) is 0 Å². The van der Waals surface area contributed by atoms with Crippen LogP contribution in [-0.4, -0.2) is 50.6 Å². The zero-order valence-corrected chi connectivity index (χ0v) is 16.3. The number of nitrogens with zero attached hydrogens (tertiary/aromatic N) is 1. The van der Waals surface area contributed by atoms with Crippen LogP contribution in [0.3, 0.4) is 0 Å². The van der Waals surface area contributed by atoms with E-state index in [9.17, 15) is 18.0 Å². The fraction of sp³-hybridized carbons (Fsp3) is 0.529. The lowest BCUT2D eigenvalue weighted by atomic mass is 10.1. The van der Waals surface area contributed by atoms with Crippen LogP contribution in [0.4, 0.5) is 10.5 Å². The van der Waals surface area contributed by atoms with Crippen LogP contribution in [0.2, 0.25) is 0 Å². The van der Waals surface area contributed by atoms with Crippen LogP contribution in [-0.2, 0) is 14.8 Å². The maximum atomic E-state index is 12.2. The number of carboxylic acids is 1. The summed E-state index contributed by atoms with van der Waals surface area (Å²) in [5, 5.41) is 11.5. The number of rotatable bonds is 9. The summed E-state index contributed by atoms with van der Waals surface area (Å²) in [4.78, 5) is 24.3. The normalized spacial score (nSPS) is 12.7. The van der Waals surface area contributed by atoms with Crippen LogP contribution in [0.25, 0.3) is 0 Å². The Morgan fingerprint density at radius 2 is 1.73 bits per heavy atom. The Hall–Kier alpha value is -2.13. The third-order valence-corrected chi connectivity index (χ3v) is 5.22. The number of carbonyl (C=O) groups is 2. The fourth-order valence-electron chi connectivity index (χ4n) is 2.07. The monoisotopic (exact) mass is 385 g/mol. The van der Waals surface area contributed by atoms with Crippen LogP contribution < -0.4 is 10.0 Å². The van der Waals surface area contributed by atoms with Gasteiger partial charge < -0.3 is 15.3 Å². The number of benzene rings is 1. The van der Waals surface area contributed by atoms with E-state index < -0.39 is 27.9 Å². The van der Waals surface area contributed by atoms with E-state index in [-0.39, 0.29) is 11.4 Å². The highest BCUT2D eigenvalue weighted by atomic mass is 32.2. The summed E-state index contributed by atoms with van der Waals surface area (Å²) in [6.07, 6.45) is 0.745. The van der Waals surface area contributed by atoms with Crippen LogP contribution in [0, 0.1) is 11.8 Å². The van der Waals surface area contributed by atoms with Crippen molar-refractivity contribution in [3.8, 4) is 0 Å². The summed E-state index contributed by atoms with van der Waals surface area (Å²) in [6.45, 7) is 5.97. The van der Waals surface area contributed by atoms with Crippen molar-refractivity contribution in [1.82, 2.24) is 9.62 Å². The van der Waals surface area contributed by atoms with Gasteiger partial charge in [-0.05, 0) is 36.6 Å². The maximum absolute atomic E-state index is 12.2. The van der Waals surface area contributed by atoms with Gasteiger partial charge in [0, 0.05) is 25.8 Å². The number of hydrogen-bond donors (Lipinski definition) is 3. The van der Waals surface area contributed by atoms with Gasteiger partial charge >= 0.3 is 12.0 Å². The van der Waals surface area contributed by atoms with Crippen molar-refractivity contribution in [2.75, 3.05) is 25.5 Å². The van der Waals surface area contributed by atoms with Gasteiger partial charge in [-0.15, -0.1) is 0 Å². The van der Waals surface area contributed by atoms with E-state index in [2.05, 4.69) is 10.0 Å². The van der Waals surface area contributed by atoms with Gasteiger partial charge in [-0.2, -0.15) is 0 Å². The van der Waals surface area contributed by atoms with Crippen LogP contribution >= 0.6 is 0 Å². The molecule has 1 atom stereocenters. The van der Waals surface area contributed by atoms with Crippen molar-refractivity contribution in [3.05, 3.63) is 24.3 Å². The molecule has 0 aromatic heterocycles. The predicted molar refractivity (Wildman–Crippen MR) is 99.5 cm³/mol. The van der Waals surface area contributed by atoms with Crippen molar-refractivity contribution < 1.29 is 23.1 Å². The number of aliphatic carboxylic acids is 1. The molecule has 8 nitrogen and oxygen atoms in total. The minimum Gasteiger partial charge on any atom is -0.481 e. The second-order valence-corrected chi connectivity index (χ2v) is 8.42. The number of urea groups is 1. The zero-order chi connectivity index (χ0) is 19.9. The first-order valence-corrected chi connectivity index (χ1v) is 9.86. The minimum atomic E-state index is -3.58. The summed E-state index contributed by atoms with van der Waals surface area (Å²) in [7, 11) is -2.09. The zero-order valence-electron chi connectivity index (χ0n) is 15.5. The standard InChI is InChI=1S/C17H27N3O5S/c1-12(2)9-10-18-26(24,25)15-7-5-14(6-8-15)19-17(23)20(4)11-13(3)16(21)22/h5-8,12-13,18H,9-11H2,1-4H3,(H,19,23)(H,21,22). The van der Waals surface area contributed by atoms with E-state index in [0.29, 0.717) is 18.2 Å². The van der Waals surface area contributed by atoms with Gasteiger partial charge in [-0.25, -0.2) is 17.9 Å². The Bertz CT molecular complexity index is 716. The van der Waals surface area contributed by atoms with Gasteiger partial charge in [0.2, 0.25) is 10.0 Å². The summed E-state index contributed by atoms with van der Waals surface area (Å²) < 4.78 is 26.9. The van der Waals surface area contributed by atoms with Gasteiger partial charge in [-0.1, -0.05) is 20.8 Å². The van der Waals surface area contributed by atoms with Gasteiger partial charge in [0.05, 0.1) is 10.8 Å². The molecule has 1 aromatic carbocycles. The first-order chi connectivity index (χ1) is 12.0. The fourth-order valence-corrected chi connectivity index (χ4v) is 3.12. The van der Waals surface area contributed by atoms with E-state index in [1.807, 2.05) is 13.8 Å². The topological polar surface area (TPSA) is 116 Å². The smallest absolute Gasteiger partial charge is 0.321 e. The SMILES string of the molecule is CC(C)CCNS(=O)(=O)c1ccc(NC(=O)N(C)CC(C)C(=O)O)cc1. The third-order valence-electron chi connectivity index (χ3n) is 3.75. The second kappa shape index (κ2) is 9.54. The van der Waals surface area contributed by atoms with Crippen LogP contribution in [0.5, 0.6) is 0 Å². The number of nitrogens with one attached hydrogen (secondary N) is 2. The van der Waals surface area contributed by atoms with E-state index in [0.717, 1.165) is 6.42 Å². The quantitative estimate of drug-likeness (QED) is 0.603. The molecular weight excluding hydrogens is 358 g/mol. The average molecular weight is 385 g/mol. The van der Waals surface area contributed by atoms with Crippen molar-refractivity contribution in [2.45, 2.75) is 32.1 Å². The molecule has 26 heavy (non-hydrogen) atoms. The molecule has 0 saturated heterocycles. The highest BCUT2D eigenvalue weighted by Gasteiger charge is 2.18. The van der Waals surface area contributed by atoms with Crippen molar-refractivity contribution >= 4 is 27.7 Å². The predicted octanol–water partition coefficient (Wildman–Crippen LogP) is 2.20. The summed E-state index contributed by atoms with van der Waals surface area (Å²) >= 11 is 0. The maximum Gasteiger partial charge on any atom is 0.321 e. The second-order valence-electron chi connectivity index (χ2n) is 6.65. The molecule has 0 bridgehead atoms. The highest BCUT2D eigenvalue weighted by Crippen LogP contribution is 2.15. The Labute approximate surface area is 154 Å². The molecule has 9 heteroatoms. The molecule has 0 radical (unpaired) electrons. The first kappa shape index (κ1) is 21.9. The Kier molecular flexibility index (Phi) is 8.04. The molecule has 0 aliphatic carbocycles. The average Bonchev–Trinajstić information content (AvgIpc) is 2.54. The first-order valence-electron chi connectivity index (χ1n) is 8.37. The van der Waals surface area contributed by atoms with Gasteiger partial charge in [0.1, 0.15) is 0 Å². The summed E-state index contributed by atoms with van der Waals surface area (Å²) in [6, 6.07) is 5.33. The number of hydrogen-bond acceptors (Lipinski definition) is 4. The molecule has 1 unspecified atom stereocenters. The molecule has 2 amide bonds. The van der Waals surface area contributed by atoms with Crippen molar-refractivity contribution in [3.63, 3.8) is 0 Å². The molecule has 0 aliphatic rings. The number of carboxylic acid groups (broad SMARTS) is 1. The Morgan fingerprint density at radius 3 is 2.23 bits per heavy atom. The molecule has 1 rings (SSSR count). The molecule has 1 aromatic rings. The lowest BCUT2D eigenvalue weighted by molar-refractivity contribution is -0.141. The van der Waals surface area contributed by atoms with Gasteiger partial charge in [0.25, 0.3) is 0 Å². The van der Waals surface area contributed by atoms with Crippen LogP contribution in [0.1, 0.15) is 27.2 Å². The molecule has 3 N–H and O–H groups in total. The molecule has 0 aliphatic heterocycles. The van der Waals surface area contributed by atoms with Gasteiger partial charge in [0.15, 0.2) is 0 Å². The van der Waals surface area contributed by atoms with E-state index in [1.165, 1.54) is 43.1 Å². The number of sulfonamides is 1. The van der Waals surface area contributed by atoms with E-state index >= 15 is 0 Å².